The fraction of sp³-hybridized carbons (Fsp3) is 0.765. The molecule has 1 N–H and O–H groups in total. The van der Waals surface area contributed by atoms with Crippen molar-refractivity contribution in [1.29, 1.82) is 0 Å². The molecule has 5 nitrogen and oxygen atoms in total. The smallest absolute Gasteiger partial charge is 0.221 e. The van der Waals surface area contributed by atoms with Crippen molar-refractivity contribution in [3.63, 3.8) is 0 Å². The number of nitrogens with one attached hydrogen (secondary N) is 1. The molecule has 1 aromatic rings. The van der Waals surface area contributed by atoms with Gasteiger partial charge in [0.15, 0.2) is 0 Å². The van der Waals surface area contributed by atoms with Crippen LogP contribution >= 0.6 is 0 Å². The summed E-state index contributed by atoms with van der Waals surface area (Å²) in [6.45, 7) is 5.27. The van der Waals surface area contributed by atoms with Crippen LogP contribution in [0.3, 0.4) is 0 Å². The lowest BCUT2D eigenvalue weighted by Gasteiger charge is -2.24. The molecule has 1 atom stereocenters. The van der Waals surface area contributed by atoms with Crippen molar-refractivity contribution in [2.24, 2.45) is 7.05 Å². The topological polar surface area (TPSA) is 50.2 Å². The molecule has 0 spiro atoms. The lowest BCUT2D eigenvalue weighted by Crippen LogP contribution is -2.34. The van der Waals surface area contributed by atoms with E-state index in [1.54, 1.807) is 4.68 Å². The van der Waals surface area contributed by atoms with Crippen molar-refractivity contribution in [2.45, 2.75) is 57.9 Å². The maximum Gasteiger partial charge on any atom is 0.221 e. The third-order valence-electron chi connectivity index (χ3n) is 4.47. The minimum atomic E-state index is 0.0773. The van der Waals surface area contributed by atoms with Crippen LogP contribution in [0.1, 0.15) is 63.5 Å². The van der Waals surface area contributed by atoms with Crippen molar-refractivity contribution >= 4 is 5.91 Å². The Morgan fingerprint density at radius 1 is 1.27 bits per heavy atom. The molecule has 1 saturated heterocycles. The van der Waals surface area contributed by atoms with Crippen molar-refractivity contribution in [3.05, 3.63) is 18.0 Å². The zero-order chi connectivity index (χ0) is 15.8. The van der Waals surface area contributed by atoms with Gasteiger partial charge in [-0.3, -0.25) is 9.48 Å². The van der Waals surface area contributed by atoms with E-state index in [2.05, 4.69) is 22.2 Å². The highest BCUT2D eigenvalue weighted by Gasteiger charge is 2.15. The van der Waals surface area contributed by atoms with Crippen molar-refractivity contribution < 1.29 is 4.79 Å². The normalized spacial score (nSPS) is 18.5. The van der Waals surface area contributed by atoms with E-state index in [0.717, 1.165) is 31.6 Å². The predicted molar refractivity (Wildman–Crippen MR) is 88.5 cm³/mol. The number of likely N-dealkylation sites (tertiary alicyclic amines) is 1. The van der Waals surface area contributed by atoms with E-state index in [1.807, 2.05) is 19.4 Å². The Bertz CT molecular complexity index is 449. The Balaban J connectivity index is 1.76. The summed E-state index contributed by atoms with van der Waals surface area (Å²) in [7, 11) is 1.90. The molecule has 2 heterocycles. The number of carbonyl (C=O) groups is 1. The Hall–Kier alpha value is -1.36. The first kappa shape index (κ1) is 17.0. The Morgan fingerprint density at radius 2 is 1.95 bits per heavy atom. The number of carbonyl (C=O) groups excluding carboxylic acids is 1. The van der Waals surface area contributed by atoms with Crippen LogP contribution in [-0.2, 0) is 11.8 Å². The molecular formula is C17H30N4O. The zero-order valence-corrected chi connectivity index (χ0v) is 14.1. The monoisotopic (exact) mass is 306 g/mol. The summed E-state index contributed by atoms with van der Waals surface area (Å²) in [5, 5.41) is 7.33. The summed E-state index contributed by atoms with van der Waals surface area (Å²) < 4.78 is 1.78. The molecule has 1 aliphatic rings. The molecule has 1 amide bonds. The molecule has 1 fully saturated rings. The first-order valence-corrected chi connectivity index (χ1v) is 8.69. The second kappa shape index (κ2) is 8.93. The van der Waals surface area contributed by atoms with E-state index < -0.39 is 0 Å². The van der Waals surface area contributed by atoms with E-state index in [0.29, 0.717) is 6.42 Å². The second-order valence-corrected chi connectivity index (χ2v) is 6.34. The Labute approximate surface area is 134 Å². The molecule has 0 bridgehead atoms. The molecule has 0 aromatic carbocycles. The van der Waals surface area contributed by atoms with Crippen molar-refractivity contribution in [2.75, 3.05) is 19.6 Å². The number of aromatic nitrogens is 2. The number of hydrogen-bond acceptors (Lipinski definition) is 3. The van der Waals surface area contributed by atoms with Gasteiger partial charge in [-0.1, -0.05) is 26.2 Å². The van der Waals surface area contributed by atoms with E-state index in [9.17, 15) is 4.79 Å². The SMILES string of the molecule is CC[C@@H](NC(=O)CCN1CCCCCCC1)c1cnn(C)c1. The fourth-order valence-electron chi connectivity index (χ4n) is 3.10. The van der Waals surface area contributed by atoms with Crippen LogP contribution in [0.2, 0.25) is 0 Å². The van der Waals surface area contributed by atoms with Crippen LogP contribution in [-0.4, -0.2) is 40.2 Å². The Kier molecular flexibility index (Phi) is 6.90. The molecule has 0 unspecified atom stereocenters. The standard InChI is InChI=1S/C17H30N4O/c1-3-16(15-13-18-20(2)14-15)19-17(22)9-12-21-10-7-5-4-6-8-11-21/h13-14,16H,3-12H2,1-2H3,(H,19,22)/t16-/m1/s1. The summed E-state index contributed by atoms with van der Waals surface area (Å²) in [6, 6.07) is 0.0773. The van der Waals surface area contributed by atoms with E-state index >= 15 is 0 Å². The molecule has 2 rings (SSSR count). The molecule has 22 heavy (non-hydrogen) atoms. The average molecular weight is 306 g/mol. The lowest BCUT2D eigenvalue weighted by atomic mass is 10.1. The largest absolute Gasteiger partial charge is 0.349 e. The number of rotatable bonds is 6. The molecule has 0 radical (unpaired) electrons. The maximum atomic E-state index is 12.2. The number of nitrogens with zero attached hydrogens (tertiary/aromatic N) is 3. The third kappa shape index (κ3) is 5.44. The summed E-state index contributed by atoms with van der Waals surface area (Å²) in [4.78, 5) is 14.7. The molecule has 5 heteroatoms. The van der Waals surface area contributed by atoms with E-state index in [1.165, 1.54) is 32.1 Å². The highest BCUT2D eigenvalue weighted by Crippen LogP contribution is 2.15. The molecule has 0 saturated carbocycles. The van der Waals surface area contributed by atoms with Gasteiger partial charge in [-0.25, -0.2) is 0 Å². The Morgan fingerprint density at radius 3 is 2.55 bits per heavy atom. The molecule has 1 aliphatic heterocycles. The van der Waals surface area contributed by atoms with Gasteiger partial charge in [0.2, 0.25) is 5.91 Å². The van der Waals surface area contributed by atoms with Gasteiger partial charge in [0.25, 0.3) is 0 Å². The highest BCUT2D eigenvalue weighted by molar-refractivity contribution is 5.76. The molecule has 124 valence electrons. The van der Waals surface area contributed by atoms with E-state index in [4.69, 9.17) is 0 Å². The summed E-state index contributed by atoms with van der Waals surface area (Å²) >= 11 is 0. The lowest BCUT2D eigenvalue weighted by molar-refractivity contribution is -0.122. The minimum Gasteiger partial charge on any atom is -0.349 e. The van der Waals surface area contributed by atoms with Crippen molar-refractivity contribution in [3.8, 4) is 0 Å². The van der Waals surface area contributed by atoms with E-state index in [-0.39, 0.29) is 11.9 Å². The first-order chi connectivity index (χ1) is 10.7. The average Bonchev–Trinajstić information content (AvgIpc) is 2.90. The molecule has 1 aromatic heterocycles. The first-order valence-electron chi connectivity index (χ1n) is 8.69. The maximum absolute atomic E-state index is 12.2. The van der Waals surface area contributed by atoms with Crippen LogP contribution in [0.25, 0.3) is 0 Å². The molecular weight excluding hydrogens is 276 g/mol. The van der Waals surface area contributed by atoms with Gasteiger partial charge in [0.05, 0.1) is 12.2 Å². The number of amides is 1. The van der Waals surface area contributed by atoms with Gasteiger partial charge in [-0.2, -0.15) is 5.10 Å². The van der Waals surface area contributed by atoms with Crippen LogP contribution in [0.15, 0.2) is 12.4 Å². The van der Waals surface area contributed by atoms with Crippen LogP contribution in [0.4, 0.5) is 0 Å². The summed E-state index contributed by atoms with van der Waals surface area (Å²) in [5.74, 6) is 0.151. The van der Waals surface area contributed by atoms with Gasteiger partial charge in [0.1, 0.15) is 0 Å². The third-order valence-corrected chi connectivity index (χ3v) is 4.47. The summed E-state index contributed by atoms with van der Waals surface area (Å²) in [6.07, 6.45) is 11.9. The molecule has 0 aliphatic carbocycles. The quantitative estimate of drug-likeness (QED) is 0.879. The summed E-state index contributed by atoms with van der Waals surface area (Å²) in [5.41, 5.74) is 1.09. The van der Waals surface area contributed by atoms with Gasteiger partial charge in [-0.05, 0) is 32.4 Å². The second-order valence-electron chi connectivity index (χ2n) is 6.34. The van der Waals surface area contributed by atoms with Crippen LogP contribution in [0, 0.1) is 0 Å². The minimum absolute atomic E-state index is 0.0773. The van der Waals surface area contributed by atoms with Crippen LogP contribution in [0.5, 0.6) is 0 Å². The van der Waals surface area contributed by atoms with Gasteiger partial charge in [-0.15, -0.1) is 0 Å². The number of aryl methyl sites for hydroxylation is 1. The fourth-order valence-corrected chi connectivity index (χ4v) is 3.10. The van der Waals surface area contributed by atoms with Crippen molar-refractivity contribution in [1.82, 2.24) is 20.0 Å². The van der Waals surface area contributed by atoms with Gasteiger partial charge in [0, 0.05) is 31.8 Å². The number of hydrogen-bond donors (Lipinski definition) is 1. The highest BCUT2D eigenvalue weighted by atomic mass is 16.1. The van der Waals surface area contributed by atoms with Gasteiger partial charge >= 0.3 is 0 Å². The van der Waals surface area contributed by atoms with Crippen LogP contribution < -0.4 is 5.32 Å². The predicted octanol–water partition coefficient (Wildman–Crippen LogP) is 2.64. The van der Waals surface area contributed by atoms with Gasteiger partial charge < -0.3 is 10.2 Å². The zero-order valence-electron chi connectivity index (χ0n) is 14.1.